The van der Waals surface area contributed by atoms with E-state index in [1.807, 2.05) is 0 Å². The highest BCUT2D eigenvalue weighted by Gasteiger charge is 2.09. The van der Waals surface area contributed by atoms with Gasteiger partial charge in [-0.3, -0.25) is 0 Å². The maximum atomic E-state index is 4.67. The Morgan fingerprint density at radius 2 is 1.73 bits per heavy atom. The van der Waals surface area contributed by atoms with Gasteiger partial charge in [0.1, 0.15) is 5.71 Å². The minimum Gasteiger partial charge on any atom is -0.205 e. The summed E-state index contributed by atoms with van der Waals surface area (Å²) in [4.78, 5) is 0. The summed E-state index contributed by atoms with van der Waals surface area (Å²) in [6.07, 6.45) is 0.956. The average Bonchev–Trinajstić information content (AvgIpc) is 2.14. The van der Waals surface area contributed by atoms with Gasteiger partial charge in [-0.2, -0.15) is 0 Å². The third-order valence-electron chi connectivity index (χ3n) is 1.93. The van der Waals surface area contributed by atoms with E-state index in [-0.39, 0.29) is 0 Å². The molecule has 0 N–H and O–H groups in total. The van der Waals surface area contributed by atoms with Crippen LogP contribution in [0, 0.1) is 0 Å². The molecular weight excluding hydrogens is 252 g/mol. The number of rotatable bonds is 3. The summed E-state index contributed by atoms with van der Waals surface area (Å²) in [6.45, 7) is 2.14. The quantitative estimate of drug-likeness (QED) is 0.454. The molecule has 0 saturated heterocycles. The third-order valence-corrected chi connectivity index (χ3v) is 2.46. The van der Waals surface area contributed by atoms with Crippen LogP contribution in [0.3, 0.4) is 0 Å². The Hall–Kier alpha value is -0.670. The van der Waals surface area contributed by atoms with E-state index in [9.17, 15) is 0 Å². The second-order valence-corrected chi connectivity index (χ2v) is 5.26. The lowest BCUT2D eigenvalue weighted by atomic mass is 10.1. The van der Waals surface area contributed by atoms with Crippen LogP contribution in [0.4, 0.5) is 0 Å². The van der Waals surface area contributed by atoms with E-state index >= 15 is 0 Å². The van der Waals surface area contributed by atoms with Crippen LogP contribution in [-0.2, 0) is 0 Å². The smallest absolute Gasteiger partial charge is 0.103 e. The second-order valence-electron chi connectivity index (χ2n) is 4.35. The minimum atomic E-state index is 0.610. The van der Waals surface area contributed by atoms with Crippen LogP contribution in [0.25, 0.3) is 0 Å². The molecule has 0 aliphatic heterocycles. The molecule has 0 unspecified atom stereocenters. The first kappa shape index (κ1) is 12.4. The SMILES string of the molecule is CC/C(=N\[N+](C)(C)C)c1ccc(Br)cc1. The van der Waals surface area contributed by atoms with E-state index in [0.29, 0.717) is 4.59 Å². The van der Waals surface area contributed by atoms with Gasteiger partial charge in [0.2, 0.25) is 0 Å². The zero-order valence-electron chi connectivity index (χ0n) is 9.79. The Bertz CT molecular complexity index is 347. The lowest BCUT2D eigenvalue weighted by Crippen LogP contribution is -2.29. The summed E-state index contributed by atoms with van der Waals surface area (Å²) in [6, 6.07) is 8.30. The van der Waals surface area contributed by atoms with Crippen LogP contribution in [-0.4, -0.2) is 31.4 Å². The van der Waals surface area contributed by atoms with Crippen LogP contribution in [0.2, 0.25) is 0 Å². The van der Waals surface area contributed by atoms with Crippen molar-refractivity contribution in [2.24, 2.45) is 5.10 Å². The maximum absolute atomic E-state index is 4.67. The maximum Gasteiger partial charge on any atom is 0.103 e. The molecule has 0 spiro atoms. The lowest BCUT2D eigenvalue weighted by molar-refractivity contribution is -0.877. The Balaban J connectivity index is 3.03. The van der Waals surface area contributed by atoms with Gasteiger partial charge in [-0.05, 0) is 18.6 Å². The topological polar surface area (TPSA) is 12.4 Å². The lowest BCUT2D eigenvalue weighted by Gasteiger charge is -2.17. The van der Waals surface area contributed by atoms with Crippen molar-refractivity contribution in [2.45, 2.75) is 13.3 Å². The fourth-order valence-corrected chi connectivity index (χ4v) is 1.60. The predicted octanol–water partition coefficient (Wildman–Crippen LogP) is 3.27. The highest BCUT2D eigenvalue weighted by Crippen LogP contribution is 2.13. The molecule has 0 heterocycles. The molecule has 1 aromatic rings. The van der Waals surface area contributed by atoms with Gasteiger partial charge in [0.15, 0.2) is 0 Å². The molecule has 1 aromatic carbocycles. The molecule has 0 atom stereocenters. The first-order valence-corrected chi connectivity index (χ1v) is 5.88. The van der Waals surface area contributed by atoms with E-state index in [2.05, 4.69) is 73.4 Å². The van der Waals surface area contributed by atoms with Crippen LogP contribution in [0.15, 0.2) is 33.8 Å². The summed E-state index contributed by atoms with van der Waals surface area (Å²) in [5.41, 5.74) is 2.35. The van der Waals surface area contributed by atoms with Crippen molar-refractivity contribution in [2.75, 3.05) is 21.1 Å². The molecule has 0 saturated carbocycles. The van der Waals surface area contributed by atoms with Gasteiger partial charge in [-0.15, -0.1) is 0 Å². The van der Waals surface area contributed by atoms with Gasteiger partial charge >= 0.3 is 0 Å². The van der Waals surface area contributed by atoms with Gasteiger partial charge in [-0.1, -0.05) is 40.1 Å². The fourth-order valence-electron chi connectivity index (χ4n) is 1.34. The van der Waals surface area contributed by atoms with Crippen molar-refractivity contribution in [1.82, 2.24) is 0 Å². The largest absolute Gasteiger partial charge is 0.205 e. The van der Waals surface area contributed by atoms with Crippen molar-refractivity contribution in [3.8, 4) is 0 Å². The summed E-state index contributed by atoms with van der Waals surface area (Å²) >= 11 is 3.43. The summed E-state index contributed by atoms with van der Waals surface area (Å²) in [7, 11) is 6.19. The van der Waals surface area contributed by atoms with Gasteiger partial charge in [-0.25, -0.2) is 4.59 Å². The van der Waals surface area contributed by atoms with Crippen LogP contribution in [0.1, 0.15) is 18.9 Å². The first-order chi connectivity index (χ1) is 6.92. The first-order valence-electron chi connectivity index (χ1n) is 5.09. The zero-order chi connectivity index (χ0) is 11.5. The van der Waals surface area contributed by atoms with E-state index in [1.54, 1.807) is 0 Å². The highest BCUT2D eigenvalue weighted by atomic mass is 79.9. The normalized spacial score (nSPS) is 13.0. The number of hydrogen-bond donors (Lipinski definition) is 0. The minimum absolute atomic E-state index is 0.610. The van der Waals surface area contributed by atoms with Crippen molar-refractivity contribution >= 4 is 21.6 Å². The molecule has 3 heteroatoms. The molecule has 15 heavy (non-hydrogen) atoms. The molecule has 0 amide bonds. The van der Waals surface area contributed by atoms with Crippen LogP contribution < -0.4 is 0 Å². The van der Waals surface area contributed by atoms with E-state index in [4.69, 9.17) is 0 Å². The zero-order valence-corrected chi connectivity index (χ0v) is 11.4. The van der Waals surface area contributed by atoms with Crippen molar-refractivity contribution in [3.63, 3.8) is 0 Å². The molecule has 82 valence electrons. The molecule has 1 rings (SSSR count). The van der Waals surface area contributed by atoms with Gasteiger partial charge in [0, 0.05) is 10.0 Å². The standard InChI is InChI=1S/C12H18BrN2/c1-5-12(14-15(2,3)4)10-6-8-11(13)9-7-10/h6-9H,5H2,1-4H3/q+1/b14-12+. The molecule has 0 radical (unpaired) electrons. The summed E-state index contributed by atoms with van der Waals surface area (Å²) in [5.74, 6) is 0. The predicted molar refractivity (Wildman–Crippen MR) is 69.0 cm³/mol. The van der Waals surface area contributed by atoms with Crippen LogP contribution in [0.5, 0.6) is 0 Å². The molecule has 2 nitrogen and oxygen atoms in total. The van der Waals surface area contributed by atoms with E-state index < -0.39 is 0 Å². The summed E-state index contributed by atoms with van der Waals surface area (Å²) in [5, 5.41) is 4.67. The number of quaternary nitrogens is 1. The highest BCUT2D eigenvalue weighted by molar-refractivity contribution is 9.10. The molecule has 0 aliphatic carbocycles. The molecule has 0 fully saturated rings. The number of nitrogens with zero attached hydrogens (tertiary/aromatic N) is 2. The average molecular weight is 270 g/mol. The number of halogens is 1. The van der Waals surface area contributed by atoms with Crippen molar-refractivity contribution < 1.29 is 4.59 Å². The van der Waals surface area contributed by atoms with Crippen molar-refractivity contribution in [1.29, 1.82) is 0 Å². The monoisotopic (exact) mass is 269 g/mol. The van der Waals surface area contributed by atoms with Gasteiger partial charge < -0.3 is 0 Å². The Labute approximate surface area is 100 Å². The Morgan fingerprint density at radius 3 is 2.13 bits per heavy atom. The van der Waals surface area contributed by atoms with Gasteiger partial charge in [0.05, 0.1) is 21.1 Å². The third kappa shape index (κ3) is 4.14. The number of hydrogen-bond acceptors (Lipinski definition) is 1. The Kier molecular flexibility index (Phi) is 4.05. The molecular formula is C12H18BrN2+. The van der Waals surface area contributed by atoms with E-state index in [0.717, 1.165) is 16.6 Å². The van der Waals surface area contributed by atoms with Crippen LogP contribution >= 0.6 is 15.9 Å². The number of benzene rings is 1. The summed E-state index contributed by atoms with van der Waals surface area (Å²) < 4.78 is 1.71. The molecule has 0 aromatic heterocycles. The van der Waals surface area contributed by atoms with E-state index in [1.165, 1.54) is 5.56 Å². The Morgan fingerprint density at radius 1 is 1.20 bits per heavy atom. The molecule has 0 aliphatic rings. The van der Waals surface area contributed by atoms with Crippen molar-refractivity contribution in [3.05, 3.63) is 34.3 Å². The molecule has 0 bridgehead atoms. The second kappa shape index (κ2) is 4.90. The van der Waals surface area contributed by atoms with Gasteiger partial charge in [0.25, 0.3) is 0 Å². The fraction of sp³-hybridized carbons (Fsp3) is 0.417.